The quantitative estimate of drug-likeness (QED) is 0.527. The molecule has 146 valence electrons. The van der Waals surface area contributed by atoms with Crippen LogP contribution in [-0.2, 0) is 0 Å². The molecule has 2 aromatic carbocycles. The van der Waals surface area contributed by atoms with Crippen LogP contribution in [0.25, 0.3) is 32.9 Å². The van der Waals surface area contributed by atoms with E-state index >= 15 is 0 Å². The van der Waals surface area contributed by atoms with E-state index in [9.17, 15) is 4.39 Å². The van der Waals surface area contributed by atoms with Crippen LogP contribution in [0.15, 0.2) is 42.7 Å². The molecule has 8 heteroatoms. The molecular formula is C21H18ClFN6. The third kappa shape index (κ3) is 3.22. The number of piperazine rings is 1. The number of benzene rings is 2. The summed E-state index contributed by atoms with van der Waals surface area (Å²) in [5.74, 6) is 0.867. The molecule has 29 heavy (non-hydrogen) atoms. The maximum atomic E-state index is 13.9. The number of hydrogen-bond donors (Lipinski definition) is 2. The molecule has 1 fully saturated rings. The van der Waals surface area contributed by atoms with Crippen LogP contribution in [-0.4, -0.2) is 41.1 Å². The van der Waals surface area contributed by atoms with Crippen LogP contribution in [0.3, 0.4) is 0 Å². The van der Waals surface area contributed by atoms with Gasteiger partial charge >= 0.3 is 0 Å². The SMILES string of the molecule is Nc1cc2ccc(F)cc2c(-c2cc3ncnc(N4CCNCC4)c3cc2Cl)n1. The van der Waals surface area contributed by atoms with E-state index in [-0.39, 0.29) is 5.82 Å². The normalized spacial score (nSPS) is 14.6. The second-order valence-corrected chi connectivity index (χ2v) is 7.45. The molecule has 0 radical (unpaired) electrons. The number of fused-ring (bicyclic) bond motifs is 2. The van der Waals surface area contributed by atoms with Gasteiger partial charge in [-0.05, 0) is 35.7 Å². The summed E-state index contributed by atoms with van der Waals surface area (Å²) in [4.78, 5) is 15.6. The van der Waals surface area contributed by atoms with Crippen LogP contribution < -0.4 is 16.0 Å². The first-order valence-corrected chi connectivity index (χ1v) is 9.74. The van der Waals surface area contributed by atoms with Crippen molar-refractivity contribution in [3.8, 4) is 11.3 Å². The van der Waals surface area contributed by atoms with Crippen LogP contribution in [0.2, 0.25) is 5.02 Å². The molecule has 3 heterocycles. The lowest BCUT2D eigenvalue weighted by atomic mass is 10.0. The highest BCUT2D eigenvalue weighted by Gasteiger charge is 2.18. The largest absolute Gasteiger partial charge is 0.384 e. The van der Waals surface area contributed by atoms with Crippen molar-refractivity contribution in [3.05, 3.63) is 53.6 Å². The fourth-order valence-corrected chi connectivity index (χ4v) is 4.07. The number of nitrogens with zero attached hydrogens (tertiary/aromatic N) is 4. The van der Waals surface area contributed by atoms with E-state index in [2.05, 4.69) is 25.2 Å². The van der Waals surface area contributed by atoms with Crippen LogP contribution in [0, 0.1) is 5.82 Å². The van der Waals surface area contributed by atoms with Crippen molar-refractivity contribution in [2.45, 2.75) is 0 Å². The first-order chi connectivity index (χ1) is 14.1. The molecule has 0 unspecified atom stereocenters. The van der Waals surface area contributed by atoms with Crippen molar-refractivity contribution in [1.82, 2.24) is 20.3 Å². The molecule has 0 atom stereocenters. The summed E-state index contributed by atoms with van der Waals surface area (Å²) < 4.78 is 13.9. The fourth-order valence-electron chi connectivity index (χ4n) is 3.82. The van der Waals surface area contributed by atoms with Gasteiger partial charge in [-0.3, -0.25) is 0 Å². The third-order valence-electron chi connectivity index (χ3n) is 5.19. The lowest BCUT2D eigenvalue weighted by Gasteiger charge is -2.29. The summed E-state index contributed by atoms with van der Waals surface area (Å²) >= 11 is 6.68. The number of halogens is 2. The maximum absolute atomic E-state index is 13.9. The lowest BCUT2D eigenvalue weighted by Crippen LogP contribution is -2.44. The number of nitrogens with two attached hydrogens (primary N) is 1. The number of nitrogens with one attached hydrogen (secondary N) is 1. The second kappa shape index (κ2) is 7.09. The molecule has 0 spiro atoms. The summed E-state index contributed by atoms with van der Waals surface area (Å²) in [5.41, 5.74) is 7.95. The van der Waals surface area contributed by atoms with E-state index in [4.69, 9.17) is 17.3 Å². The molecule has 1 aliphatic heterocycles. The number of hydrogen-bond acceptors (Lipinski definition) is 6. The Kier molecular flexibility index (Phi) is 4.41. The Bertz CT molecular complexity index is 1240. The highest BCUT2D eigenvalue weighted by molar-refractivity contribution is 6.34. The van der Waals surface area contributed by atoms with Crippen molar-refractivity contribution in [2.75, 3.05) is 36.8 Å². The fraction of sp³-hybridized carbons (Fsp3) is 0.190. The second-order valence-electron chi connectivity index (χ2n) is 7.04. The summed E-state index contributed by atoms with van der Waals surface area (Å²) in [6.45, 7) is 3.54. The van der Waals surface area contributed by atoms with Gasteiger partial charge in [-0.15, -0.1) is 0 Å². The van der Waals surface area contributed by atoms with Crippen molar-refractivity contribution in [3.63, 3.8) is 0 Å². The Morgan fingerprint density at radius 1 is 1.03 bits per heavy atom. The van der Waals surface area contributed by atoms with E-state index in [0.717, 1.165) is 48.3 Å². The van der Waals surface area contributed by atoms with E-state index < -0.39 is 0 Å². The van der Waals surface area contributed by atoms with E-state index in [1.807, 2.05) is 12.1 Å². The zero-order valence-electron chi connectivity index (χ0n) is 15.5. The van der Waals surface area contributed by atoms with Gasteiger partial charge in [0.05, 0.1) is 16.2 Å². The van der Waals surface area contributed by atoms with Gasteiger partial charge < -0.3 is 16.0 Å². The zero-order chi connectivity index (χ0) is 20.0. The summed E-state index contributed by atoms with van der Waals surface area (Å²) in [5, 5.41) is 6.16. The average molecular weight is 409 g/mol. The van der Waals surface area contributed by atoms with Gasteiger partial charge in [0.2, 0.25) is 0 Å². The molecule has 1 saturated heterocycles. The summed E-state index contributed by atoms with van der Waals surface area (Å²) in [6, 6.07) is 9.99. The van der Waals surface area contributed by atoms with Gasteiger partial charge in [0.25, 0.3) is 0 Å². The monoisotopic (exact) mass is 408 g/mol. The van der Waals surface area contributed by atoms with Crippen LogP contribution in [0.5, 0.6) is 0 Å². The van der Waals surface area contributed by atoms with E-state index in [1.165, 1.54) is 12.1 Å². The number of aromatic nitrogens is 3. The molecule has 4 aromatic rings. The highest BCUT2D eigenvalue weighted by Crippen LogP contribution is 2.37. The van der Waals surface area contributed by atoms with Crippen molar-refractivity contribution in [2.24, 2.45) is 0 Å². The molecule has 6 nitrogen and oxygen atoms in total. The van der Waals surface area contributed by atoms with Crippen LogP contribution in [0.1, 0.15) is 0 Å². The minimum atomic E-state index is -0.342. The maximum Gasteiger partial charge on any atom is 0.140 e. The Morgan fingerprint density at radius 2 is 1.86 bits per heavy atom. The van der Waals surface area contributed by atoms with Crippen molar-refractivity contribution >= 4 is 44.9 Å². The first kappa shape index (κ1) is 18.0. The Hall–Kier alpha value is -3.03. The molecule has 2 aromatic heterocycles. The van der Waals surface area contributed by atoms with Gasteiger partial charge in [0.1, 0.15) is 23.8 Å². The van der Waals surface area contributed by atoms with Gasteiger partial charge in [-0.1, -0.05) is 17.7 Å². The smallest absolute Gasteiger partial charge is 0.140 e. The van der Waals surface area contributed by atoms with Crippen molar-refractivity contribution < 1.29 is 4.39 Å². The summed E-state index contributed by atoms with van der Waals surface area (Å²) in [6.07, 6.45) is 1.56. The third-order valence-corrected chi connectivity index (χ3v) is 5.50. The van der Waals surface area contributed by atoms with Gasteiger partial charge in [0, 0.05) is 42.5 Å². The number of pyridine rings is 1. The topological polar surface area (TPSA) is 80.0 Å². The predicted octanol–water partition coefficient (Wildman–Crippen LogP) is 3.63. The van der Waals surface area contributed by atoms with Crippen LogP contribution in [0.4, 0.5) is 16.0 Å². The Balaban J connectivity index is 1.72. The summed E-state index contributed by atoms with van der Waals surface area (Å²) in [7, 11) is 0. The number of anilines is 2. The molecule has 0 saturated carbocycles. The molecule has 0 amide bonds. The predicted molar refractivity (Wildman–Crippen MR) is 115 cm³/mol. The number of nitrogen functional groups attached to an aromatic ring is 1. The molecule has 5 rings (SSSR count). The van der Waals surface area contributed by atoms with E-state index in [0.29, 0.717) is 27.5 Å². The lowest BCUT2D eigenvalue weighted by molar-refractivity contribution is 0.586. The minimum Gasteiger partial charge on any atom is -0.384 e. The van der Waals surface area contributed by atoms with Crippen LogP contribution >= 0.6 is 11.6 Å². The van der Waals surface area contributed by atoms with Crippen molar-refractivity contribution in [1.29, 1.82) is 0 Å². The van der Waals surface area contributed by atoms with Gasteiger partial charge in [0.15, 0.2) is 0 Å². The zero-order valence-corrected chi connectivity index (χ0v) is 16.2. The van der Waals surface area contributed by atoms with E-state index in [1.54, 1.807) is 18.5 Å². The molecule has 3 N–H and O–H groups in total. The standard InChI is InChI=1S/C21H18ClFN6/c22-17-9-16-18(26-11-27-21(16)29-5-3-25-4-6-29)10-15(17)20-14-8-13(23)2-1-12(14)7-19(24)28-20/h1-2,7-11,25H,3-6H2,(H2,24,28). The molecule has 0 bridgehead atoms. The molecular weight excluding hydrogens is 391 g/mol. The van der Waals surface area contributed by atoms with Gasteiger partial charge in [-0.25, -0.2) is 19.3 Å². The minimum absolute atomic E-state index is 0.342. The number of rotatable bonds is 2. The average Bonchev–Trinajstić information content (AvgIpc) is 2.73. The molecule has 1 aliphatic rings. The first-order valence-electron chi connectivity index (χ1n) is 9.36. The Labute approximate surface area is 171 Å². The highest BCUT2D eigenvalue weighted by atomic mass is 35.5. The Morgan fingerprint density at radius 3 is 2.69 bits per heavy atom. The van der Waals surface area contributed by atoms with Gasteiger partial charge in [-0.2, -0.15) is 0 Å². The molecule has 0 aliphatic carbocycles.